The number of esters is 1. The first-order valence-corrected chi connectivity index (χ1v) is 8.35. The SMILES string of the molecule is COc1cc(CCC(=O)OCC(=O)NC(=O)NC(C)C)cc(OC)c1OC. The Morgan fingerprint density at radius 2 is 1.59 bits per heavy atom. The van der Waals surface area contributed by atoms with E-state index in [9.17, 15) is 14.4 Å². The summed E-state index contributed by atoms with van der Waals surface area (Å²) in [5, 5.41) is 4.56. The van der Waals surface area contributed by atoms with Crippen LogP contribution < -0.4 is 24.8 Å². The number of imide groups is 1. The van der Waals surface area contributed by atoms with Crippen LogP contribution in [0.15, 0.2) is 12.1 Å². The van der Waals surface area contributed by atoms with Crippen LogP contribution >= 0.6 is 0 Å². The van der Waals surface area contributed by atoms with Crippen LogP contribution in [0.25, 0.3) is 0 Å². The summed E-state index contributed by atoms with van der Waals surface area (Å²) in [6.45, 7) is 2.99. The number of urea groups is 1. The zero-order valence-electron chi connectivity index (χ0n) is 16.2. The molecule has 0 aromatic heterocycles. The van der Waals surface area contributed by atoms with E-state index < -0.39 is 24.5 Å². The van der Waals surface area contributed by atoms with Gasteiger partial charge in [0, 0.05) is 12.5 Å². The third-order valence-electron chi connectivity index (χ3n) is 3.38. The molecule has 2 N–H and O–H groups in total. The van der Waals surface area contributed by atoms with E-state index in [-0.39, 0.29) is 12.5 Å². The molecule has 1 rings (SSSR count). The molecule has 0 saturated carbocycles. The van der Waals surface area contributed by atoms with Crippen molar-refractivity contribution in [3.05, 3.63) is 17.7 Å². The second kappa shape index (κ2) is 10.9. The molecule has 0 saturated heterocycles. The number of benzene rings is 1. The van der Waals surface area contributed by atoms with E-state index >= 15 is 0 Å². The zero-order valence-corrected chi connectivity index (χ0v) is 16.2. The number of aryl methyl sites for hydroxylation is 1. The van der Waals surface area contributed by atoms with E-state index in [0.717, 1.165) is 5.56 Å². The van der Waals surface area contributed by atoms with Gasteiger partial charge < -0.3 is 24.3 Å². The number of ether oxygens (including phenoxy) is 4. The predicted octanol–water partition coefficient (Wildman–Crippen LogP) is 1.42. The van der Waals surface area contributed by atoms with Gasteiger partial charge in [0.25, 0.3) is 5.91 Å². The minimum atomic E-state index is -0.700. The summed E-state index contributed by atoms with van der Waals surface area (Å²) in [5.41, 5.74) is 0.780. The van der Waals surface area contributed by atoms with Crippen molar-refractivity contribution in [2.75, 3.05) is 27.9 Å². The Kier molecular flexibility index (Phi) is 8.91. The Morgan fingerprint density at radius 1 is 1.00 bits per heavy atom. The average Bonchev–Trinajstić information content (AvgIpc) is 2.62. The third kappa shape index (κ3) is 7.43. The molecule has 0 fully saturated rings. The van der Waals surface area contributed by atoms with Crippen molar-refractivity contribution < 1.29 is 33.3 Å². The summed E-state index contributed by atoms with van der Waals surface area (Å²) in [7, 11) is 4.51. The van der Waals surface area contributed by atoms with Gasteiger partial charge in [0.15, 0.2) is 18.1 Å². The molecule has 0 aliphatic carbocycles. The fourth-order valence-electron chi connectivity index (χ4n) is 2.21. The molecule has 0 atom stereocenters. The second-order valence-corrected chi connectivity index (χ2v) is 5.87. The molecule has 0 radical (unpaired) electrons. The lowest BCUT2D eigenvalue weighted by atomic mass is 10.1. The Labute approximate surface area is 158 Å². The highest BCUT2D eigenvalue weighted by Crippen LogP contribution is 2.38. The van der Waals surface area contributed by atoms with Gasteiger partial charge in [-0.15, -0.1) is 0 Å². The van der Waals surface area contributed by atoms with E-state index in [0.29, 0.717) is 23.7 Å². The fraction of sp³-hybridized carbons (Fsp3) is 0.500. The first-order chi connectivity index (χ1) is 12.8. The van der Waals surface area contributed by atoms with Crippen molar-refractivity contribution in [1.29, 1.82) is 0 Å². The van der Waals surface area contributed by atoms with Crippen molar-refractivity contribution in [3.8, 4) is 17.2 Å². The van der Waals surface area contributed by atoms with Crippen LogP contribution in [0.2, 0.25) is 0 Å². The van der Waals surface area contributed by atoms with Crippen molar-refractivity contribution >= 4 is 17.9 Å². The molecule has 0 unspecified atom stereocenters. The molecule has 9 nitrogen and oxygen atoms in total. The van der Waals surface area contributed by atoms with E-state index in [1.807, 2.05) is 0 Å². The molecule has 1 aromatic rings. The minimum Gasteiger partial charge on any atom is -0.493 e. The maximum Gasteiger partial charge on any atom is 0.321 e. The lowest BCUT2D eigenvalue weighted by Gasteiger charge is -2.14. The molecule has 1 aromatic carbocycles. The lowest BCUT2D eigenvalue weighted by molar-refractivity contribution is -0.148. The van der Waals surface area contributed by atoms with Gasteiger partial charge in [0.05, 0.1) is 21.3 Å². The van der Waals surface area contributed by atoms with Crippen LogP contribution in [-0.2, 0) is 20.7 Å². The van der Waals surface area contributed by atoms with E-state index in [4.69, 9.17) is 18.9 Å². The number of carbonyl (C=O) groups excluding carboxylic acids is 3. The normalized spacial score (nSPS) is 10.1. The molecule has 0 spiro atoms. The van der Waals surface area contributed by atoms with Gasteiger partial charge in [-0.2, -0.15) is 0 Å². The maximum absolute atomic E-state index is 11.8. The maximum atomic E-state index is 11.8. The molecular formula is C18H26N2O7. The van der Waals surface area contributed by atoms with E-state index in [1.165, 1.54) is 21.3 Å². The molecular weight excluding hydrogens is 356 g/mol. The van der Waals surface area contributed by atoms with Gasteiger partial charge in [-0.25, -0.2) is 4.79 Å². The summed E-state index contributed by atoms with van der Waals surface area (Å²) in [6.07, 6.45) is 0.398. The monoisotopic (exact) mass is 382 g/mol. The molecule has 0 aliphatic heterocycles. The smallest absolute Gasteiger partial charge is 0.321 e. The number of carbonyl (C=O) groups is 3. The number of hydrogen-bond donors (Lipinski definition) is 2. The highest BCUT2D eigenvalue weighted by atomic mass is 16.5. The van der Waals surface area contributed by atoms with Crippen molar-refractivity contribution in [2.24, 2.45) is 0 Å². The Balaban J connectivity index is 2.53. The van der Waals surface area contributed by atoms with Crippen LogP contribution in [0.4, 0.5) is 4.79 Å². The first kappa shape index (κ1) is 22.1. The van der Waals surface area contributed by atoms with Gasteiger partial charge in [-0.3, -0.25) is 14.9 Å². The van der Waals surface area contributed by atoms with Crippen molar-refractivity contribution in [1.82, 2.24) is 10.6 Å². The largest absolute Gasteiger partial charge is 0.493 e. The van der Waals surface area contributed by atoms with Crippen molar-refractivity contribution in [2.45, 2.75) is 32.7 Å². The number of methoxy groups -OCH3 is 3. The molecule has 150 valence electrons. The predicted molar refractivity (Wildman–Crippen MR) is 97.2 cm³/mol. The average molecular weight is 382 g/mol. The summed E-state index contributed by atoms with van der Waals surface area (Å²) in [5.74, 6) is 0.159. The Bertz CT molecular complexity index is 649. The molecule has 0 bridgehead atoms. The second-order valence-electron chi connectivity index (χ2n) is 5.87. The van der Waals surface area contributed by atoms with Crippen LogP contribution in [0, 0.1) is 0 Å². The van der Waals surface area contributed by atoms with Gasteiger partial charge in [0.2, 0.25) is 5.75 Å². The highest BCUT2D eigenvalue weighted by molar-refractivity contribution is 5.95. The van der Waals surface area contributed by atoms with Gasteiger partial charge in [-0.05, 0) is 38.0 Å². The van der Waals surface area contributed by atoms with Gasteiger partial charge in [-0.1, -0.05) is 0 Å². The van der Waals surface area contributed by atoms with Crippen LogP contribution in [0.5, 0.6) is 17.2 Å². The molecule has 0 heterocycles. The zero-order chi connectivity index (χ0) is 20.4. The van der Waals surface area contributed by atoms with E-state index in [1.54, 1.807) is 26.0 Å². The number of hydrogen-bond acceptors (Lipinski definition) is 7. The molecule has 0 aliphatic rings. The minimum absolute atomic E-state index is 0.0457. The number of rotatable bonds is 9. The molecule has 27 heavy (non-hydrogen) atoms. The topological polar surface area (TPSA) is 112 Å². The quantitative estimate of drug-likeness (QED) is 0.621. The Hall–Kier alpha value is -2.97. The third-order valence-corrected chi connectivity index (χ3v) is 3.38. The summed E-state index contributed by atoms with van der Waals surface area (Å²) >= 11 is 0. The number of nitrogens with one attached hydrogen (secondary N) is 2. The highest BCUT2D eigenvalue weighted by Gasteiger charge is 2.15. The summed E-state index contributed by atoms with van der Waals surface area (Å²) < 4.78 is 20.6. The van der Waals surface area contributed by atoms with Crippen LogP contribution in [0.1, 0.15) is 25.8 Å². The fourth-order valence-corrected chi connectivity index (χ4v) is 2.21. The Morgan fingerprint density at radius 3 is 2.07 bits per heavy atom. The van der Waals surface area contributed by atoms with E-state index in [2.05, 4.69) is 10.6 Å². The van der Waals surface area contributed by atoms with Crippen LogP contribution in [-0.4, -0.2) is 51.9 Å². The standard InChI is InChI=1S/C18H26N2O7/c1-11(2)19-18(23)20-15(21)10-27-16(22)7-6-12-8-13(24-3)17(26-5)14(9-12)25-4/h8-9,11H,6-7,10H2,1-5H3,(H2,19,20,21,23). The van der Waals surface area contributed by atoms with Crippen LogP contribution in [0.3, 0.4) is 0 Å². The van der Waals surface area contributed by atoms with Gasteiger partial charge in [0.1, 0.15) is 0 Å². The van der Waals surface area contributed by atoms with Gasteiger partial charge >= 0.3 is 12.0 Å². The summed E-state index contributed by atoms with van der Waals surface area (Å²) in [6, 6.07) is 2.72. The summed E-state index contributed by atoms with van der Waals surface area (Å²) in [4.78, 5) is 34.8. The molecule has 3 amide bonds. The number of amides is 3. The lowest BCUT2D eigenvalue weighted by Crippen LogP contribution is -2.44. The molecule has 9 heteroatoms. The first-order valence-electron chi connectivity index (χ1n) is 8.35. The van der Waals surface area contributed by atoms with Crippen molar-refractivity contribution in [3.63, 3.8) is 0 Å².